The number of benzene rings is 1. The van der Waals surface area contributed by atoms with Crippen LogP contribution in [0.1, 0.15) is 5.76 Å². The quantitative estimate of drug-likeness (QED) is 0.423. The Kier molecular flexibility index (Phi) is 4.84. The van der Waals surface area contributed by atoms with E-state index in [0.717, 1.165) is 16.7 Å². The summed E-state index contributed by atoms with van der Waals surface area (Å²) in [6, 6.07) is 6.46. The normalized spacial score (nSPS) is 15.8. The van der Waals surface area contributed by atoms with Crippen LogP contribution in [0.3, 0.4) is 0 Å². The Labute approximate surface area is 176 Å². The predicted octanol–water partition coefficient (Wildman–Crippen LogP) is 4.93. The first-order valence-electron chi connectivity index (χ1n) is 7.50. The third kappa shape index (κ3) is 3.26. The molecule has 0 saturated carbocycles. The van der Waals surface area contributed by atoms with Gasteiger partial charge in [0, 0.05) is 11.6 Å². The Bertz CT molecular complexity index is 1160. The van der Waals surface area contributed by atoms with Crippen LogP contribution >= 0.6 is 46.6 Å². The second-order valence-electron chi connectivity index (χ2n) is 5.48. The Morgan fingerprint density at radius 2 is 1.89 bits per heavy atom. The number of halogens is 3. The number of carbonyl (C=O) groups excluding carboxylic acids is 1. The number of aromatic nitrogens is 2. The molecule has 0 radical (unpaired) electrons. The number of furan rings is 1. The molecule has 0 aliphatic carbocycles. The molecular formula is C16H8Cl3N5O3S. The number of hydrogen-bond donors (Lipinski definition) is 2. The summed E-state index contributed by atoms with van der Waals surface area (Å²) in [5.74, 6) is 0.211. The summed E-state index contributed by atoms with van der Waals surface area (Å²) in [5, 5.41) is 15.9. The summed E-state index contributed by atoms with van der Waals surface area (Å²) < 4.78 is 10.2. The molecule has 1 amide bonds. The Morgan fingerprint density at radius 1 is 1.14 bits per heavy atom. The van der Waals surface area contributed by atoms with Gasteiger partial charge in [0.15, 0.2) is 5.17 Å². The number of anilines is 2. The second-order valence-corrected chi connectivity index (χ2v) is 7.73. The maximum Gasteiger partial charge on any atom is 0.272 e. The minimum Gasteiger partial charge on any atom is -0.457 e. The fourth-order valence-corrected chi connectivity index (χ4v) is 3.90. The minimum atomic E-state index is -0.497. The zero-order chi connectivity index (χ0) is 20.0. The molecule has 1 fully saturated rings. The van der Waals surface area contributed by atoms with Gasteiger partial charge in [-0.15, -0.1) is 0 Å². The van der Waals surface area contributed by atoms with E-state index in [2.05, 4.69) is 14.9 Å². The van der Waals surface area contributed by atoms with Crippen molar-refractivity contribution >= 4 is 75.4 Å². The standard InChI is InChI=1S/C16H8Cl3N5O3S/c17-8-5-10(19)9(18)4-7(8)11-2-1-6(26-11)3-12-15(25)24(16(21)28-12)14-13(20)22-27-23-14/h1-5,21H,(H2,20,22)/b12-3+,21-16?. The van der Waals surface area contributed by atoms with Gasteiger partial charge >= 0.3 is 0 Å². The first kappa shape index (κ1) is 18.9. The van der Waals surface area contributed by atoms with Crippen molar-refractivity contribution < 1.29 is 13.8 Å². The van der Waals surface area contributed by atoms with Gasteiger partial charge in [0.1, 0.15) is 11.5 Å². The van der Waals surface area contributed by atoms with E-state index in [1.807, 2.05) is 0 Å². The first-order chi connectivity index (χ1) is 13.3. The number of hydrogen-bond acceptors (Lipinski definition) is 8. The van der Waals surface area contributed by atoms with E-state index in [1.54, 1.807) is 18.2 Å². The first-order valence-corrected chi connectivity index (χ1v) is 9.45. The zero-order valence-electron chi connectivity index (χ0n) is 13.6. The maximum atomic E-state index is 12.6. The monoisotopic (exact) mass is 455 g/mol. The van der Waals surface area contributed by atoms with Crippen molar-refractivity contribution in [3.8, 4) is 11.3 Å². The van der Waals surface area contributed by atoms with E-state index in [4.69, 9.17) is 50.4 Å². The predicted molar refractivity (Wildman–Crippen MR) is 109 cm³/mol. The third-order valence-corrected chi connectivity index (χ3v) is 5.63. The SMILES string of the molecule is N=C1S/C(=C/c2ccc(-c3cc(Cl)c(Cl)cc3Cl)o2)C(=O)N1c1nonc1N. The topological polar surface area (TPSA) is 122 Å². The number of rotatable bonds is 3. The molecule has 3 aromatic rings. The molecule has 4 rings (SSSR count). The molecular weight excluding hydrogens is 449 g/mol. The van der Waals surface area contributed by atoms with Gasteiger partial charge in [-0.1, -0.05) is 34.8 Å². The molecule has 0 spiro atoms. The van der Waals surface area contributed by atoms with E-state index in [9.17, 15) is 4.79 Å². The summed E-state index contributed by atoms with van der Waals surface area (Å²) in [4.78, 5) is 13.9. The van der Waals surface area contributed by atoms with Crippen LogP contribution in [0.4, 0.5) is 11.6 Å². The average Bonchev–Trinajstić information content (AvgIpc) is 3.33. The van der Waals surface area contributed by atoms with Crippen LogP contribution in [-0.2, 0) is 4.79 Å². The largest absolute Gasteiger partial charge is 0.457 e. The lowest BCUT2D eigenvalue weighted by Crippen LogP contribution is -2.29. The maximum absolute atomic E-state index is 12.6. The van der Waals surface area contributed by atoms with E-state index >= 15 is 0 Å². The number of nitrogens with one attached hydrogen (secondary N) is 1. The van der Waals surface area contributed by atoms with E-state index in [1.165, 1.54) is 12.1 Å². The summed E-state index contributed by atoms with van der Waals surface area (Å²) >= 11 is 19.1. The van der Waals surface area contributed by atoms with Gasteiger partial charge < -0.3 is 10.2 Å². The van der Waals surface area contributed by atoms with Crippen molar-refractivity contribution in [1.82, 2.24) is 10.3 Å². The fraction of sp³-hybridized carbons (Fsp3) is 0. The molecule has 0 atom stereocenters. The Hall–Kier alpha value is -2.46. The number of carbonyl (C=O) groups is 1. The van der Waals surface area contributed by atoms with E-state index in [0.29, 0.717) is 32.2 Å². The highest BCUT2D eigenvalue weighted by atomic mass is 35.5. The van der Waals surface area contributed by atoms with Crippen LogP contribution in [0.2, 0.25) is 15.1 Å². The van der Waals surface area contributed by atoms with Crippen molar-refractivity contribution in [3.05, 3.63) is 50.0 Å². The number of nitrogen functional groups attached to an aromatic ring is 1. The van der Waals surface area contributed by atoms with Gasteiger partial charge in [-0.25, -0.2) is 9.53 Å². The zero-order valence-corrected chi connectivity index (χ0v) is 16.7. The van der Waals surface area contributed by atoms with Crippen LogP contribution in [-0.4, -0.2) is 21.4 Å². The molecule has 0 bridgehead atoms. The highest BCUT2D eigenvalue weighted by Crippen LogP contribution is 2.38. The third-order valence-electron chi connectivity index (χ3n) is 3.71. The summed E-state index contributed by atoms with van der Waals surface area (Å²) in [5.41, 5.74) is 6.17. The molecule has 8 nitrogen and oxygen atoms in total. The molecule has 1 aliphatic rings. The molecule has 3 heterocycles. The van der Waals surface area contributed by atoms with E-state index in [-0.39, 0.29) is 21.7 Å². The lowest BCUT2D eigenvalue weighted by molar-refractivity contribution is -0.113. The van der Waals surface area contributed by atoms with Crippen LogP contribution in [0.25, 0.3) is 17.4 Å². The minimum absolute atomic E-state index is 0.0337. The molecule has 28 heavy (non-hydrogen) atoms. The molecule has 142 valence electrons. The Morgan fingerprint density at radius 3 is 2.61 bits per heavy atom. The number of thioether (sulfide) groups is 1. The van der Waals surface area contributed by atoms with Crippen LogP contribution in [0, 0.1) is 5.41 Å². The molecule has 3 N–H and O–H groups in total. The van der Waals surface area contributed by atoms with Crippen LogP contribution < -0.4 is 10.6 Å². The van der Waals surface area contributed by atoms with Crippen molar-refractivity contribution in [1.29, 1.82) is 5.41 Å². The summed E-state index contributed by atoms with van der Waals surface area (Å²) in [6.07, 6.45) is 1.50. The van der Waals surface area contributed by atoms with Gasteiger partial charge in [-0.2, -0.15) is 0 Å². The van der Waals surface area contributed by atoms with Gasteiger partial charge in [-0.05, 0) is 46.3 Å². The number of nitrogens with zero attached hydrogens (tertiary/aromatic N) is 3. The average molecular weight is 457 g/mol. The highest BCUT2D eigenvalue weighted by molar-refractivity contribution is 8.19. The van der Waals surface area contributed by atoms with E-state index < -0.39 is 5.91 Å². The summed E-state index contributed by atoms with van der Waals surface area (Å²) in [6.45, 7) is 0. The molecule has 1 aromatic carbocycles. The smallest absolute Gasteiger partial charge is 0.272 e. The van der Waals surface area contributed by atoms with Gasteiger partial charge in [0.2, 0.25) is 11.6 Å². The van der Waals surface area contributed by atoms with Gasteiger partial charge in [-0.3, -0.25) is 10.2 Å². The molecule has 0 unspecified atom stereocenters. The second kappa shape index (κ2) is 7.17. The lowest BCUT2D eigenvalue weighted by Gasteiger charge is -2.08. The number of nitrogens with two attached hydrogens (primary N) is 1. The summed E-state index contributed by atoms with van der Waals surface area (Å²) in [7, 11) is 0. The molecule has 2 aromatic heterocycles. The van der Waals surface area contributed by atoms with Crippen LogP contribution in [0.5, 0.6) is 0 Å². The lowest BCUT2D eigenvalue weighted by atomic mass is 10.2. The fourth-order valence-electron chi connectivity index (χ4n) is 2.44. The Balaban J connectivity index is 1.65. The van der Waals surface area contributed by atoms with Gasteiger partial charge in [0.25, 0.3) is 5.91 Å². The molecule has 1 aliphatic heterocycles. The van der Waals surface area contributed by atoms with Crippen molar-refractivity contribution in [2.75, 3.05) is 10.6 Å². The number of amides is 1. The molecule has 12 heteroatoms. The van der Waals surface area contributed by atoms with Crippen molar-refractivity contribution in [3.63, 3.8) is 0 Å². The van der Waals surface area contributed by atoms with Crippen LogP contribution in [0.15, 0.2) is 38.2 Å². The number of amidine groups is 1. The van der Waals surface area contributed by atoms with Crippen molar-refractivity contribution in [2.45, 2.75) is 0 Å². The molecule has 1 saturated heterocycles. The van der Waals surface area contributed by atoms with Gasteiger partial charge in [0.05, 0.1) is 20.0 Å². The highest BCUT2D eigenvalue weighted by Gasteiger charge is 2.37. The van der Waals surface area contributed by atoms with Crippen molar-refractivity contribution in [2.24, 2.45) is 0 Å².